The van der Waals surface area contributed by atoms with Crippen molar-refractivity contribution in [2.75, 3.05) is 0 Å². The number of nitrogens with zero attached hydrogens (tertiary/aromatic N) is 5. The quantitative estimate of drug-likeness (QED) is 0.499. The molecule has 5 rings (SSSR count). The molecule has 4 aromatic heterocycles. The zero-order valence-electron chi connectivity index (χ0n) is 14.7. The second-order valence-corrected chi connectivity index (χ2v) is 6.79. The Morgan fingerprint density at radius 3 is 2.79 bits per heavy atom. The summed E-state index contributed by atoms with van der Waals surface area (Å²) in [5, 5.41) is 5.89. The molecule has 1 N–H and O–H groups in total. The number of benzene rings is 1. The van der Waals surface area contributed by atoms with Gasteiger partial charge in [-0.05, 0) is 30.3 Å². The van der Waals surface area contributed by atoms with Crippen molar-refractivity contribution in [3.05, 3.63) is 70.2 Å². The second kappa shape index (κ2) is 6.24. The first-order chi connectivity index (χ1) is 13.6. The van der Waals surface area contributed by atoms with Crippen molar-refractivity contribution in [2.24, 2.45) is 7.05 Å². The predicted octanol–water partition coefficient (Wildman–Crippen LogP) is 3.59. The van der Waals surface area contributed by atoms with E-state index >= 15 is 0 Å². The van der Waals surface area contributed by atoms with E-state index in [1.807, 2.05) is 43.6 Å². The number of aromatic nitrogens is 6. The van der Waals surface area contributed by atoms with Crippen molar-refractivity contribution in [1.82, 2.24) is 29.7 Å². The molecule has 0 atom stereocenters. The normalized spacial score (nSPS) is 11.4. The lowest BCUT2D eigenvalue weighted by Crippen LogP contribution is -2.06. The van der Waals surface area contributed by atoms with Gasteiger partial charge in [0, 0.05) is 36.5 Å². The molecule has 1 aromatic carbocycles. The number of rotatable bonds is 2. The molecule has 0 aliphatic carbocycles. The molecule has 4 heterocycles. The van der Waals surface area contributed by atoms with Gasteiger partial charge in [-0.15, -0.1) is 0 Å². The van der Waals surface area contributed by atoms with Gasteiger partial charge in [-0.2, -0.15) is 5.10 Å². The lowest BCUT2D eigenvalue weighted by molar-refractivity contribution is 0.770. The maximum Gasteiger partial charge on any atom is 0.249 e. The van der Waals surface area contributed by atoms with E-state index in [0.717, 1.165) is 16.5 Å². The molecular formula is C20H13ClN6O. The Morgan fingerprint density at radius 2 is 1.96 bits per heavy atom. The van der Waals surface area contributed by atoms with Gasteiger partial charge in [0.15, 0.2) is 5.65 Å². The number of halogens is 1. The van der Waals surface area contributed by atoms with Gasteiger partial charge in [0.05, 0.1) is 16.2 Å². The van der Waals surface area contributed by atoms with Crippen LogP contribution in [0.25, 0.3) is 44.7 Å². The van der Waals surface area contributed by atoms with Crippen molar-refractivity contribution in [3.63, 3.8) is 0 Å². The van der Waals surface area contributed by atoms with Crippen LogP contribution in [0.3, 0.4) is 0 Å². The SMILES string of the molecule is Cn1ccc(-c2nc3[nH]c(=O)ccc3nc2-c2cc(Cl)c3ncccc3c2)n1. The van der Waals surface area contributed by atoms with Crippen LogP contribution in [0, 0.1) is 0 Å². The number of pyridine rings is 2. The predicted molar refractivity (Wildman–Crippen MR) is 108 cm³/mol. The summed E-state index contributed by atoms with van der Waals surface area (Å²) >= 11 is 6.48. The van der Waals surface area contributed by atoms with Crippen LogP contribution in [-0.4, -0.2) is 29.7 Å². The zero-order valence-corrected chi connectivity index (χ0v) is 15.5. The van der Waals surface area contributed by atoms with Crippen molar-refractivity contribution >= 4 is 33.7 Å². The summed E-state index contributed by atoms with van der Waals surface area (Å²) in [6.07, 6.45) is 3.54. The summed E-state index contributed by atoms with van der Waals surface area (Å²) in [5.41, 5.74) is 4.12. The summed E-state index contributed by atoms with van der Waals surface area (Å²) in [6.45, 7) is 0. The van der Waals surface area contributed by atoms with Gasteiger partial charge in [0.25, 0.3) is 0 Å². The van der Waals surface area contributed by atoms with Crippen molar-refractivity contribution in [3.8, 4) is 22.6 Å². The molecule has 0 spiro atoms. The number of hydrogen-bond donors (Lipinski definition) is 1. The Bertz CT molecular complexity index is 1420. The largest absolute Gasteiger partial charge is 0.305 e. The molecule has 0 aliphatic heterocycles. The van der Waals surface area contributed by atoms with Gasteiger partial charge < -0.3 is 4.98 Å². The molecule has 0 saturated heterocycles. The molecule has 0 fully saturated rings. The van der Waals surface area contributed by atoms with Crippen LogP contribution < -0.4 is 5.56 Å². The van der Waals surface area contributed by atoms with Crippen LogP contribution in [0.1, 0.15) is 0 Å². The van der Waals surface area contributed by atoms with Gasteiger partial charge in [0.1, 0.15) is 16.9 Å². The summed E-state index contributed by atoms with van der Waals surface area (Å²) in [6, 6.07) is 12.5. The van der Waals surface area contributed by atoms with Crippen molar-refractivity contribution < 1.29 is 0 Å². The summed E-state index contributed by atoms with van der Waals surface area (Å²) < 4.78 is 1.69. The highest BCUT2D eigenvalue weighted by molar-refractivity contribution is 6.35. The molecule has 0 radical (unpaired) electrons. The van der Waals surface area contributed by atoms with Crippen molar-refractivity contribution in [2.45, 2.75) is 0 Å². The minimum Gasteiger partial charge on any atom is -0.305 e. The average molecular weight is 389 g/mol. The standard InChI is InChI=1S/C20H13ClN6O/c1-27-8-6-14(26-27)19-18(23-15-4-5-16(28)24-20(15)25-19)12-9-11-3-2-7-22-17(11)13(21)10-12/h2-10H,1H3,(H,24,25,28). The number of nitrogens with one attached hydrogen (secondary N) is 1. The van der Waals surface area contributed by atoms with E-state index in [-0.39, 0.29) is 5.56 Å². The third-order valence-corrected chi connectivity index (χ3v) is 4.73. The number of hydrogen-bond acceptors (Lipinski definition) is 5. The monoisotopic (exact) mass is 388 g/mol. The fourth-order valence-corrected chi connectivity index (χ4v) is 3.45. The molecule has 5 aromatic rings. The summed E-state index contributed by atoms with van der Waals surface area (Å²) in [4.78, 5) is 28.2. The Labute approximate surface area is 163 Å². The van der Waals surface area contributed by atoms with Crippen LogP contribution in [0.15, 0.2) is 59.7 Å². The van der Waals surface area contributed by atoms with Crippen LogP contribution in [0.2, 0.25) is 5.02 Å². The van der Waals surface area contributed by atoms with E-state index in [4.69, 9.17) is 16.6 Å². The third kappa shape index (κ3) is 2.73. The van der Waals surface area contributed by atoms with Gasteiger partial charge in [-0.25, -0.2) is 9.97 Å². The van der Waals surface area contributed by atoms with E-state index < -0.39 is 0 Å². The summed E-state index contributed by atoms with van der Waals surface area (Å²) in [5.74, 6) is 0. The minimum atomic E-state index is -0.235. The zero-order chi connectivity index (χ0) is 19.3. The molecule has 28 heavy (non-hydrogen) atoms. The molecule has 8 heteroatoms. The molecule has 0 aliphatic rings. The first kappa shape index (κ1) is 16.6. The van der Waals surface area contributed by atoms with Gasteiger partial charge in [-0.1, -0.05) is 17.7 Å². The molecule has 0 amide bonds. The van der Waals surface area contributed by atoms with E-state index in [9.17, 15) is 4.79 Å². The van der Waals surface area contributed by atoms with Crippen LogP contribution in [0.4, 0.5) is 0 Å². The Hall–Kier alpha value is -3.58. The van der Waals surface area contributed by atoms with E-state index in [2.05, 4.69) is 20.1 Å². The van der Waals surface area contributed by atoms with Crippen LogP contribution in [-0.2, 0) is 7.05 Å². The molecule has 0 bridgehead atoms. The molecule has 0 saturated carbocycles. The highest BCUT2D eigenvalue weighted by Gasteiger charge is 2.17. The maximum atomic E-state index is 11.7. The first-order valence-electron chi connectivity index (χ1n) is 8.54. The topological polar surface area (TPSA) is 89.4 Å². The lowest BCUT2D eigenvalue weighted by atomic mass is 10.0. The van der Waals surface area contributed by atoms with Crippen LogP contribution in [0.5, 0.6) is 0 Å². The highest BCUT2D eigenvalue weighted by Crippen LogP contribution is 2.34. The van der Waals surface area contributed by atoms with E-state index in [1.165, 1.54) is 6.07 Å². The molecule has 136 valence electrons. The molecule has 7 nitrogen and oxygen atoms in total. The minimum absolute atomic E-state index is 0.235. The highest BCUT2D eigenvalue weighted by atomic mass is 35.5. The fraction of sp³-hybridized carbons (Fsp3) is 0.0500. The van der Waals surface area contributed by atoms with E-state index in [0.29, 0.717) is 33.3 Å². The smallest absolute Gasteiger partial charge is 0.249 e. The average Bonchev–Trinajstić information content (AvgIpc) is 3.13. The van der Waals surface area contributed by atoms with Gasteiger partial charge >= 0.3 is 0 Å². The van der Waals surface area contributed by atoms with Crippen LogP contribution >= 0.6 is 11.6 Å². The van der Waals surface area contributed by atoms with Crippen molar-refractivity contribution in [1.29, 1.82) is 0 Å². The first-order valence-corrected chi connectivity index (χ1v) is 8.92. The number of fused-ring (bicyclic) bond motifs is 2. The Balaban J connectivity index is 1.85. The number of H-pyrrole nitrogens is 1. The summed E-state index contributed by atoms with van der Waals surface area (Å²) in [7, 11) is 1.83. The molecular weight excluding hydrogens is 376 g/mol. The number of aromatic amines is 1. The Morgan fingerprint density at radius 1 is 1.07 bits per heavy atom. The second-order valence-electron chi connectivity index (χ2n) is 6.39. The fourth-order valence-electron chi connectivity index (χ4n) is 3.18. The van der Waals surface area contributed by atoms with Gasteiger partial charge in [-0.3, -0.25) is 14.5 Å². The number of aryl methyl sites for hydroxylation is 1. The molecule has 0 unspecified atom stereocenters. The lowest BCUT2D eigenvalue weighted by Gasteiger charge is -2.10. The Kier molecular flexibility index (Phi) is 3.70. The van der Waals surface area contributed by atoms with Gasteiger partial charge in [0.2, 0.25) is 5.56 Å². The maximum absolute atomic E-state index is 11.7. The third-order valence-electron chi connectivity index (χ3n) is 4.45. The van der Waals surface area contributed by atoms with E-state index in [1.54, 1.807) is 16.9 Å².